The van der Waals surface area contributed by atoms with Gasteiger partial charge in [0.2, 0.25) is 15.9 Å². The number of benzene rings is 2. The van der Waals surface area contributed by atoms with Gasteiger partial charge in [-0.1, -0.05) is 30.3 Å². The lowest BCUT2D eigenvalue weighted by Gasteiger charge is -2.16. The monoisotopic (exact) mass is 574 g/mol. The molecule has 0 spiro atoms. The second-order valence-corrected chi connectivity index (χ2v) is 10.4. The lowest BCUT2D eigenvalue weighted by Crippen LogP contribution is -2.30. The first kappa shape index (κ1) is 29.4. The molecule has 0 fully saturated rings. The Morgan fingerprint density at radius 1 is 1.02 bits per heavy atom. The average Bonchev–Trinajstić information content (AvgIpc) is 2.87. The minimum absolute atomic E-state index is 0.162. The van der Waals surface area contributed by atoms with Crippen LogP contribution in [0.1, 0.15) is 26.3 Å². The molecule has 2 aromatic carbocycles. The van der Waals surface area contributed by atoms with Crippen LogP contribution in [-0.4, -0.2) is 82.7 Å². The van der Waals surface area contributed by atoms with Gasteiger partial charge < -0.3 is 24.6 Å². The molecule has 40 heavy (non-hydrogen) atoms. The molecule has 1 aromatic heterocycles. The standard InChI is InChI=1S/C24H22N4O11S/c1-27(2)21(29)14-10-15(22(30)31)12-16(11-14)38-19-18(28(34)35)20(26-24(25-19)40(3,36)37)39-17(23(32)33)9-13-7-5-4-6-8-13/h4-8,10-12,17H,9H2,1-3H3,(H,30,31)(H,32,33). The number of aromatic carboxylic acids is 1. The molecule has 0 saturated heterocycles. The summed E-state index contributed by atoms with van der Waals surface area (Å²) in [6.45, 7) is 0. The minimum Gasteiger partial charge on any atom is -0.478 e. The van der Waals surface area contributed by atoms with Crippen molar-refractivity contribution in [3.05, 3.63) is 75.3 Å². The highest BCUT2D eigenvalue weighted by molar-refractivity contribution is 7.90. The maximum atomic E-state index is 12.5. The van der Waals surface area contributed by atoms with E-state index >= 15 is 0 Å². The summed E-state index contributed by atoms with van der Waals surface area (Å²) in [7, 11) is -1.45. The number of aromatic nitrogens is 2. The molecule has 0 radical (unpaired) electrons. The highest BCUT2D eigenvalue weighted by Crippen LogP contribution is 2.38. The number of sulfone groups is 1. The molecule has 2 N–H and O–H groups in total. The molecule has 1 atom stereocenters. The Morgan fingerprint density at radius 3 is 2.15 bits per heavy atom. The normalized spacial score (nSPS) is 11.8. The molecule has 0 bridgehead atoms. The summed E-state index contributed by atoms with van der Waals surface area (Å²) < 4.78 is 35.4. The van der Waals surface area contributed by atoms with Crippen molar-refractivity contribution in [3.63, 3.8) is 0 Å². The summed E-state index contributed by atoms with van der Waals surface area (Å²) in [6.07, 6.45) is -1.31. The number of nitro groups is 1. The van der Waals surface area contributed by atoms with Gasteiger partial charge in [-0.15, -0.1) is 0 Å². The molecule has 1 unspecified atom stereocenters. The molecule has 15 nitrogen and oxygen atoms in total. The maximum absolute atomic E-state index is 12.5. The van der Waals surface area contributed by atoms with Gasteiger partial charge in [-0.25, -0.2) is 18.0 Å². The number of carboxylic acid groups (broad SMARTS) is 2. The summed E-state index contributed by atoms with van der Waals surface area (Å²) in [6, 6.07) is 11.2. The summed E-state index contributed by atoms with van der Waals surface area (Å²) in [5.74, 6) is -6.04. The number of carbonyl (C=O) groups is 3. The van der Waals surface area contributed by atoms with Crippen LogP contribution < -0.4 is 9.47 Å². The Hall–Kier alpha value is -5.12. The summed E-state index contributed by atoms with van der Waals surface area (Å²) >= 11 is 0. The fraction of sp³-hybridized carbons (Fsp3) is 0.208. The van der Waals surface area contributed by atoms with Crippen LogP contribution in [0.4, 0.5) is 5.69 Å². The van der Waals surface area contributed by atoms with Crippen LogP contribution in [0, 0.1) is 10.1 Å². The Balaban J connectivity index is 2.19. The second kappa shape index (κ2) is 11.7. The first-order chi connectivity index (χ1) is 18.7. The number of aliphatic carboxylic acids is 1. The summed E-state index contributed by atoms with van der Waals surface area (Å²) in [4.78, 5) is 55.3. The maximum Gasteiger partial charge on any atom is 0.392 e. The molecular formula is C24H22N4O11S. The van der Waals surface area contributed by atoms with Gasteiger partial charge in [0.1, 0.15) is 5.75 Å². The molecule has 1 amide bonds. The Labute approximate surface area is 226 Å². The van der Waals surface area contributed by atoms with E-state index in [2.05, 4.69) is 9.97 Å². The van der Waals surface area contributed by atoms with Crippen molar-refractivity contribution >= 4 is 33.4 Å². The number of nitrogens with zero attached hydrogens (tertiary/aromatic N) is 4. The molecule has 210 valence electrons. The van der Waals surface area contributed by atoms with Gasteiger partial charge in [-0.05, 0) is 23.8 Å². The number of hydrogen-bond donors (Lipinski definition) is 2. The number of rotatable bonds is 11. The first-order valence-corrected chi connectivity index (χ1v) is 13.0. The van der Waals surface area contributed by atoms with Crippen molar-refractivity contribution in [2.45, 2.75) is 17.7 Å². The smallest absolute Gasteiger partial charge is 0.392 e. The lowest BCUT2D eigenvalue weighted by molar-refractivity contribution is -0.387. The first-order valence-electron chi connectivity index (χ1n) is 11.1. The summed E-state index contributed by atoms with van der Waals surface area (Å²) in [5.41, 5.74) is -1.22. The fourth-order valence-electron chi connectivity index (χ4n) is 3.29. The van der Waals surface area contributed by atoms with Gasteiger partial charge in [-0.3, -0.25) is 14.9 Å². The van der Waals surface area contributed by atoms with Gasteiger partial charge in [0.05, 0.1) is 10.5 Å². The van der Waals surface area contributed by atoms with Crippen molar-refractivity contribution in [2.24, 2.45) is 0 Å². The fourth-order valence-corrected chi connectivity index (χ4v) is 3.79. The molecule has 0 aliphatic rings. The number of ether oxygens (including phenoxy) is 2. The van der Waals surface area contributed by atoms with Crippen LogP contribution >= 0.6 is 0 Å². The highest BCUT2D eigenvalue weighted by Gasteiger charge is 2.34. The van der Waals surface area contributed by atoms with Crippen molar-refractivity contribution in [3.8, 4) is 17.5 Å². The third kappa shape index (κ3) is 7.04. The number of carbonyl (C=O) groups excluding carboxylic acids is 1. The number of carboxylic acids is 2. The quantitative estimate of drug-likeness (QED) is 0.191. The van der Waals surface area contributed by atoms with Crippen LogP contribution in [0.5, 0.6) is 17.5 Å². The Kier molecular flexibility index (Phi) is 8.63. The highest BCUT2D eigenvalue weighted by atomic mass is 32.2. The van der Waals surface area contributed by atoms with E-state index in [1.807, 2.05) is 0 Å². The summed E-state index contributed by atoms with van der Waals surface area (Å²) in [5, 5.41) is 30.2. The van der Waals surface area contributed by atoms with Gasteiger partial charge in [0, 0.05) is 32.3 Å². The van der Waals surface area contributed by atoms with E-state index in [4.69, 9.17) is 9.47 Å². The molecule has 16 heteroatoms. The van der Waals surface area contributed by atoms with Crippen LogP contribution in [0.15, 0.2) is 53.7 Å². The SMILES string of the molecule is CN(C)C(=O)c1cc(Oc2nc(S(C)(=O)=O)nc(OC(Cc3ccccc3)C(=O)O)c2[N+](=O)[O-])cc(C(=O)O)c1. The van der Waals surface area contributed by atoms with Gasteiger partial charge >= 0.3 is 29.4 Å². The second-order valence-electron chi connectivity index (χ2n) is 8.48. The van der Waals surface area contributed by atoms with E-state index in [0.29, 0.717) is 11.8 Å². The third-order valence-corrected chi connectivity index (χ3v) is 5.97. The predicted molar refractivity (Wildman–Crippen MR) is 135 cm³/mol. The molecule has 0 saturated carbocycles. The van der Waals surface area contributed by atoms with Crippen LogP contribution in [-0.2, 0) is 21.1 Å². The van der Waals surface area contributed by atoms with Crippen molar-refractivity contribution in [2.75, 3.05) is 20.4 Å². The van der Waals surface area contributed by atoms with E-state index < -0.39 is 72.6 Å². The average molecular weight is 575 g/mol. The van der Waals surface area contributed by atoms with Crippen LogP contribution in [0.3, 0.4) is 0 Å². The Morgan fingerprint density at radius 2 is 1.62 bits per heavy atom. The molecule has 3 rings (SSSR count). The van der Waals surface area contributed by atoms with Crippen LogP contribution in [0.25, 0.3) is 0 Å². The molecule has 0 aliphatic carbocycles. The molecule has 1 heterocycles. The van der Waals surface area contributed by atoms with Gasteiger partial charge in [-0.2, -0.15) is 9.97 Å². The number of amides is 1. The zero-order chi connectivity index (χ0) is 29.8. The molecule has 0 aliphatic heterocycles. The van der Waals surface area contributed by atoms with Gasteiger partial charge in [0.25, 0.3) is 11.1 Å². The molecule has 3 aromatic rings. The van der Waals surface area contributed by atoms with E-state index in [0.717, 1.165) is 23.1 Å². The lowest BCUT2D eigenvalue weighted by atomic mass is 10.1. The van der Waals surface area contributed by atoms with E-state index in [9.17, 15) is 43.1 Å². The minimum atomic E-state index is -4.26. The topological polar surface area (TPSA) is 216 Å². The largest absolute Gasteiger partial charge is 0.478 e. The van der Waals surface area contributed by atoms with Crippen LogP contribution in [0.2, 0.25) is 0 Å². The van der Waals surface area contributed by atoms with Crippen molar-refractivity contribution in [1.82, 2.24) is 14.9 Å². The predicted octanol–water partition coefficient (Wildman–Crippen LogP) is 2.06. The Bertz CT molecular complexity index is 1590. The van der Waals surface area contributed by atoms with E-state index in [1.165, 1.54) is 14.1 Å². The number of hydrogen-bond acceptors (Lipinski definition) is 11. The zero-order valence-corrected chi connectivity index (χ0v) is 22.0. The molecular weight excluding hydrogens is 552 g/mol. The van der Waals surface area contributed by atoms with Crippen molar-refractivity contribution < 1.29 is 47.4 Å². The van der Waals surface area contributed by atoms with Crippen molar-refractivity contribution in [1.29, 1.82) is 0 Å². The van der Waals surface area contributed by atoms with Gasteiger partial charge in [0.15, 0.2) is 0 Å². The third-order valence-electron chi connectivity index (χ3n) is 5.13. The zero-order valence-electron chi connectivity index (χ0n) is 21.2. The van der Waals surface area contributed by atoms with E-state index in [1.54, 1.807) is 30.3 Å². The van der Waals surface area contributed by atoms with E-state index in [-0.39, 0.29) is 12.0 Å².